The predicted molar refractivity (Wildman–Crippen MR) is 288 cm³/mol. The van der Waals surface area contributed by atoms with Crippen LogP contribution < -0.4 is 0 Å². The van der Waals surface area contributed by atoms with Crippen LogP contribution in [0.25, 0.3) is 0 Å². The Morgan fingerprint density at radius 1 is 0.414 bits per heavy atom. The zero-order valence-corrected chi connectivity index (χ0v) is 44.8. The van der Waals surface area contributed by atoms with E-state index in [2.05, 4.69) is 118 Å². The number of carbonyl (C=O) groups is 3. The Balaban J connectivity index is 4.81. The summed E-state index contributed by atoms with van der Waals surface area (Å²) in [6.07, 6.45) is 59.5. The molecule has 0 amide bonds. The molecule has 0 rings (SSSR count). The second-order valence-electron chi connectivity index (χ2n) is 17.7. The van der Waals surface area contributed by atoms with Crippen LogP contribution in [0.2, 0.25) is 0 Å². The number of esters is 3. The third-order valence-corrected chi connectivity index (χ3v) is 11.9. The van der Waals surface area contributed by atoms with E-state index in [-0.39, 0.29) is 25.9 Å². The highest BCUT2D eigenvalue weighted by Crippen LogP contribution is 2.43. The number of hydrogen-bond donors (Lipinski definition) is 2. The van der Waals surface area contributed by atoms with Gasteiger partial charge in [-0.1, -0.05) is 182 Å². The molecule has 0 saturated heterocycles. The zero-order chi connectivity index (χ0) is 51.3. The van der Waals surface area contributed by atoms with Crippen LogP contribution in [0.1, 0.15) is 213 Å². The molecule has 3 atom stereocenters. The Kier molecular flexibility index (Phi) is 49.1. The van der Waals surface area contributed by atoms with Gasteiger partial charge in [-0.2, -0.15) is 0 Å². The van der Waals surface area contributed by atoms with Crippen LogP contribution in [0.5, 0.6) is 0 Å². The molecule has 0 saturated carbocycles. The molecule has 12 heteroatoms. The average Bonchev–Trinajstić information content (AvgIpc) is 3.35. The molecule has 0 aromatic rings. The van der Waals surface area contributed by atoms with Crippen molar-refractivity contribution >= 4 is 25.7 Å². The maximum absolute atomic E-state index is 12.9. The number of carbonyl (C=O) groups excluding carboxylic acids is 3. The Hall–Kier alpha value is -3.60. The lowest BCUT2D eigenvalue weighted by Crippen LogP contribution is -2.30. The molecule has 0 fully saturated rings. The van der Waals surface area contributed by atoms with Gasteiger partial charge < -0.3 is 24.2 Å². The average molecular weight is 1000 g/mol. The summed E-state index contributed by atoms with van der Waals surface area (Å²) in [6.45, 7) is 4.34. The first-order valence-corrected chi connectivity index (χ1v) is 28.6. The number of unbranched alkanes of at least 4 members (excludes halogenated alkanes) is 16. The van der Waals surface area contributed by atoms with Crippen molar-refractivity contribution in [3.05, 3.63) is 97.2 Å². The first-order chi connectivity index (χ1) is 34.2. The molecule has 0 aliphatic carbocycles. The fraction of sp³-hybridized carbons (Fsp3) is 0.672. The van der Waals surface area contributed by atoms with Gasteiger partial charge in [0.25, 0.3) is 0 Å². The SMILES string of the molecule is CC/C=C\C/C=C\C/C=C\C/C=C\C/C=C\CCCCCC(=O)OCC(COP(=O)(O)OCC(CO)OC(=O)CCCCCCC/C=C\CCCC)OC(=O)CCCCCCC/C=C\C/C=C\CCC. The molecule has 0 bridgehead atoms. The van der Waals surface area contributed by atoms with E-state index in [1.165, 1.54) is 12.8 Å². The minimum atomic E-state index is -4.76. The summed E-state index contributed by atoms with van der Waals surface area (Å²) in [5, 5.41) is 9.77. The highest BCUT2D eigenvalue weighted by Gasteiger charge is 2.28. The molecule has 0 aromatic heterocycles. The monoisotopic (exact) mass is 1000 g/mol. The van der Waals surface area contributed by atoms with Crippen LogP contribution in [0.3, 0.4) is 0 Å². The van der Waals surface area contributed by atoms with Crippen molar-refractivity contribution in [2.75, 3.05) is 26.4 Å². The molecule has 0 aliphatic rings. The van der Waals surface area contributed by atoms with Crippen LogP contribution in [0, 0.1) is 0 Å². The smallest absolute Gasteiger partial charge is 0.462 e. The van der Waals surface area contributed by atoms with Gasteiger partial charge in [0.1, 0.15) is 12.7 Å². The zero-order valence-electron chi connectivity index (χ0n) is 43.9. The number of allylic oxidation sites excluding steroid dienone is 16. The first-order valence-electron chi connectivity index (χ1n) is 27.1. The van der Waals surface area contributed by atoms with Gasteiger partial charge in [-0.05, 0) is 109 Å². The van der Waals surface area contributed by atoms with Gasteiger partial charge in [-0.3, -0.25) is 23.4 Å². The number of phosphoric ester groups is 1. The molecule has 0 aromatic carbocycles. The topological polar surface area (TPSA) is 155 Å². The molecule has 11 nitrogen and oxygen atoms in total. The van der Waals surface area contributed by atoms with Crippen molar-refractivity contribution in [3.8, 4) is 0 Å². The number of rotatable bonds is 49. The molecule has 400 valence electrons. The number of aliphatic hydroxyl groups excluding tert-OH is 1. The van der Waals surface area contributed by atoms with E-state index < -0.39 is 57.8 Å². The third kappa shape index (κ3) is 49.4. The van der Waals surface area contributed by atoms with Crippen LogP contribution >= 0.6 is 7.82 Å². The maximum Gasteiger partial charge on any atom is 0.472 e. The molecule has 0 spiro atoms. The van der Waals surface area contributed by atoms with Crippen molar-refractivity contribution < 1.29 is 52.2 Å². The summed E-state index contributed by atoms with van der Waals surface area (Å²) in [7, 11) is -4.76. The highest BCUT2D eigenvalue weighted by molar-refractivity contribution is 7.47. The number of aliphatic hydroxyl groups is 1. The standard InChI is InChI=1S/C58H97O11P/c1-4-7-10-13-16-19-22-24-25-26-27-28-29-31-33-35-38-41-44-47-56(60)65-51-55(69-58(62)49-46-43-40-37-34-30-23-20-17-14-11-8-5-2)53-67-70(63,64)66-52-54(50-59)68-57(61)48-45-42-39-36-32-21-18-15-12-9-6-3/h7,10-11,14-16,18-20,23-25,27-28,31,33,54-55,59H,4-6,8-9,12-13,17,21-22,26,29-30,32,34-53H2,1-3H3,(H,63,64)/b10-7-,14-11-,18-15-,19-16-,23-20-,25-24-,28-27-,33-31-. The molecule has 3 unspecified atom stereocenters. The lowest BCUT2D eigenvalue weighted by molar-refractivity contribution is -0.161. The third-order valence-electron chi connectivity index (χ3n) is 10.9. The number of hydrogen-bond acceptors (Lipinski definition) is 10. The fourth-order valence-corrected chi connectivity index (χ4v) is 7.60. The van der Waals surface area contributed by atoms with Gasteiger partial charge in [0.05, 0.1) is 19.8 Å². The summed E-state index contributed by atoms with van der Waals surface area (Å²) in [5.74, 6) is -1.54. The Labute approximate surface area is 425 Å². The summed E-state index contributed by atoms with van der Waals surface area (Å²) < 4.78 is 39.3. The van der Waals surface area contributed by atoms with Gasteiger partial charge >= 0.3 is 25.7 Å². The van der Waals surface area contributed by atoms with Gasteiger partial charge in [0.2, 0.25) is 0 Å². The summed E-state index contributed by atoms with van der Waals surface area (Å²) in [4.78, 5) is 48.4. The number of ether oxygens (including phenoxy) is 3. The minimum absolute atomic E-state index is 0.139. The Morgan fingerprint density at radius 2 is 0.771 bits per heavy atom. The van der Waals surface area contributed by atoms with Crippen molar-refractivity contribution in [1.82, 2.24) is 0 Å². The number of phosphoric acid groups is 1. The highest BCUT2D eigenvalue weighted by atomic mass is 31.2. The second-order valence-corrected chi connectivity index (χ2v) is 19.1. The Morgan fingerprint density at radius 3 is 1.23 bits per heavy atom. The van der Waals surface area contributed by atoms with Gasteiger partial charge in [-0.15, -0.1) is 0 Å². The van der Waals surface area contributed by atoms with Crippen molar-refractivity contribution in [1.29, 1.82) is 0 Å². The van der Waals surface area contributed by atoms with E-state index in [0.717, 1.165) is 141 Å². The first kappa shape index (κ1) is 66.4. The van der Waals surface area contributed by atoms with Crippen molar-refractivity contribution in [2.24, 2.45) is 0 Å². The van der Waals surface area contributed by atoms with Gasteiger partial charge in [0, 0.05) is 19.3 Å². The van der Waals surface area contributed by atoms with Crippen LogP contribution in [-0.4, -0.2) is 66.5 Å². The molecular formula is C58H97O11P. The van der Waals surface area contributed by atoms with E-state index in [0.29, 0.717) is 19.3 Å². The quantitative estimate of drug-likeness (QED) is 0.0197. The molecular weight excluding hydrogens is 904 g/mol. The normalized spacial score (nSPS) is 14.2. The van der Waals surface area contributed by atoms with Crippen LogP contribution in [-0.2, 0) is 42.2 Å². The van der Waals surface area contributed by atoms with Gasteiger partial charge in [-0.25, -0.2) is 4.57 Å². The maximum atomic E-state index is 12.9. The van der Waals surface area contributed by atoms with Crippen molar-refractivity contribution in [2.45, 2.75) is 226 Å². The van der Waals surface area contributed by atoms with Crippen LogP contribution in [0.4, 0.5) is 0 Å². The molecule has 0 radical (unpaired) electrons. The molecule has 70 heavy (non-hydrogen) atoms. The summed E-state index contributed by atoms with van der Waals surface area (Å²) in [5.41, 5.74) is 0. The summed E-state index contributed by atoms with van der Waals surface area (Å²) >= 11 is 0. The lowest BCUT2D eigenvalue weighted by atomic mass is 10.1. The van der Waals surface area contributed by atoms with E-state index >= 15 is 0 Å². The fourth-order valence-electron chi connectivity index (χ4n) is 6.81. The Bertz CT molecular complexity index is 1540. The molecule has 0 heterocycles. The molecule has 2 N–H and O–H groups in total. The predicted octanol–water partition coefficient (Wildman–Crippen LogP) is 15.7. The molecule has 0 aliphatic heterocycles. The largest absolute Gasteiger partial charge is 0.472 e. The lowest BCUT2D eigenvalue weighted by Gasteiger charge is -2.21. The van der Waals surface area contributed by atoms with E-state index in [9.17, 15) is 28.9 Å². The summed E-state index contributed by atoms with van der Waals surface area (Å²) in [6, 6.07) is 0. The van der Waals surface area contributed by atoms with Crippen LogP contribution in [0.15, 0.2) is 97.2 Å². The second kappa shape index (κ2) is 51.7. The van der Waals surface area contributed by atoms with E-state index in [4.69, 9.17) is 23.3 Å². The van der Waals surface area contributed by atoms with Gasteiger partial charge in [0.15, 0.2) is 6.10 Å². The van der Waals surface area contributed by atoms with Crippen molar-refractivity contribution in [3.63, 3.8) is 0 Å². The van der Waals surface area contributed by atoms with E-state index in [1.54, 1.807) is 0 Å². The van der Waals surface area contributed by atoms with E-state index in [1.807, 2.05) is 0 Å². The minimum Gasteiger partial charge on any atom is -0.462 e.